The van der Waals surface area contributed by atoms with Gasteiger partial charge in [-0.1, -0.05) is 41.4 Å². The molecule has 0 aliphatic carbocycles. The lowest BCUT2D eigenvalue weighted by Crippen LogP contribution is -2.37. The summed E-state index contributed by atoms with van der Waals surface area (Å²) in [6, 6.07) is 10.6. The lowest BCUT2D eigenvalue weighted by molar-refractivity contribution is -0.119. The van der Waals surface area contributed by atoms with E-state index in [4.69, 9.17) is 28.5 Å². The highest BCUT2D eigenvalue weighted by Crippen LogP contribution is 2.16. The number of aromatic nitrogens is 2. The molecular formula is C14H10Cl2N4O2. The molecule has 0 bridgehead atoms. The summed E-state index contributed by atoms with van der Waals surface area (Å²) in [6.07, 6.45) is 1.19. The molecule has 1 aromatic carbocycles. The maximum Gasteiger partial charge on any atom is 0.287 e. The van der Waals surface area contributed by atoms with Gasteiger partial charge in [-0.25, -0.2) is 4.68 Å². The number of hydrogen-bond acceptors (Lipinski definition) is 4. The van der Waals surface area contributed by atoms with Crippen molar-refractivity contribution in [3.63, 3.8) is 0 Å². The molecule has 0 N–H and O–H groups in total. The van der Waals surface area contributed by atoms with Crippen molar-refractivity contribution < 1.29 is 4.79 Å². The molecule has 0 spiro atoms. The summed E-state index contributed by atoms with van der Waals surface area (Å²) in [4.78, 5) is 25.5. The van der Waals surface area contributed by atoms with Crippen LogP contribution < -0.4 is 10.5 Å². The van der Waals surface area contributed by atoms with Crippen LogP contribution in [-0.2, 0) is 11.3 Å². The van der Waals surface area contributed by atoms with Gasteiger partial charge >= 0.3 is 0 Å². The highest BCUT2D eigenvalue weighted by Gasteiger charge is 2.18. The van der Waals surface area contributed by atoms with Gasteiger partial charge in [0, 0.05) is 5.69 Å². The molecular weight excluding hydrogens is 327 g/mol. The molecule has 8 heteroatoms. The third-order valence-electron chi connectivity index (χ3n) is 2.83. The highest BCUT2D eigenvalue weighted by molar-refractivity contribution is 6.41. The molecule has 0 radical (unpaired) electrons. The van der Waals surface area contributed by atoms with Crippen LogP contribution in [0.4, 0.5) is 5.69 Å². The second-order valence-electron chi connectivity index (χ2n) is 4.24. The van der Waals surface area contributed by atoms with Crippen LogP contribution in [0.2, 0.25) is 10.0 Å². The van der Waals surface area contributed by atoms with Crippen molar-refractivity contribution in [2.45, 2.75) is 6.54 Å². The number of nitrogens with zero attached hydrogens (tertiary/aromatic N) is 4. The van der Waals surface area contributed by atoms with Crippen LogP contribution in [0.1, 0.15) is 0 Å². The van der Waals surface area contributed by atoms with E-state index in [1.807, 2.05) is 6.07 Å². The summed E-state index contributed by atoms with van der Waals surface area (Å²) >= 11 is 11.4. The Morgan fingerprint density at radius 2 is 2.00 bits per heavy atom. The Morgan fingerprint density at radius 1 is 1.32 bits per heavy atom. The molecule has 6 nitrogen and oxygen atoms in total. The Hall–Kier alpha value is -2.36. The van der Waals surface area contributed by atoms with Crippen molar-refractivity contribution in [3.8, 4) is 6.07 Å². The van der Waals surface area contributed by atoms with Crippen LogP contribution in [0.5, 0.6) is 0 Å². The molecule has 112 valence electrons. The molecule has 1 amide bonds. The first-order valence-corrected chi connectivity index (χ1v) is 6.93. The second-order valence-corrected chi connectivity index (χ2v) is 5.03. The van der Waals surface area contributed by atoms with Gasteiger partial charge in [0.15, 0.2) is 0 Å². The van der Waals surface area contributed by atoms with Crippen LogP contribution in [-0.4, -0.2) is 22.2 Å². The molecule has 0 aliphatic rings. The van der Waals surface area contributed by atoms with Gasteiger partial charge in [-0.3, -0.25) is 14.5 Å². The fraction of sp³-hybridized carbons (Fsp3) is 0.143. The van der Waals surface area contributed by atoms with E-state index in [2.05, 4.69) is 5.10 Å². The molecule has 0 aliphatic heterocycles. The van der Waals surface area contributed by atoms with Crippen LogP contribution >= 0.6 is 23.2 Å². The number of carbonyl (C=O) groups excluding carboxylic acids is 1. The first-order valence-electron chi connectivity index (χ1n) is 6.18. The first kappa shape index (κ1) is 16.0. The summed E-state index contributed by atoms with van der Waals surface area (Å²) in [6.45, 7) is -0.481. The van der Waals surface area contributed by atoms with Crippen molar-refractivity contribution in [1.82, 2.24) is 9.78 Å². The van der Waals surface area contributed by atoms with Gasteiger partial charge < -0.3 is 0 Å². The average Bonchev–Trinajstić information content (AvgIpc) is 2.54. The fourth-order valence-electron chi connectivity index (χ4n) is 1.77. The summed E-state index contributed by atoms with van der Waals surface area (Å²) in [5.41, 5.74) is -0.102. The monoisotopic (exact) mass is 336 g/mol. The molecule has 0 saturated carbocycles. The summed E-state index contributed by atoms with van der Waals surface area (Å²) in [7, 11) is 0. The standard InChI is InChI=1S/C14H10Cl2N4O2/c15-11-8-18-20(14(22)13(11)16)9-12(21)19(7-6-17)10-4-2-1-3-5-10/h1-5,8H,7,9H2. The van der Waals surface area contributed by atoms with E-state index in [9.17, 15) is 9.59 Å². The summed E-state index contributed by atoms with van der Waals surface area (Å²) in [5, 5.41) is 12.5. The Labute approximate surface area is 136 Å². The largest absolute Gasteiger partial charge is 0.297 e. The lowest BCUT2D eigenvalue weighted by atomic mass is 10.3. The SMILES string of the molecule is N#CCN(C(=O)Cn1ncc(Cl)c(Cl)c1=O)c1ccccc1. The normalized spacial score (nSPS) is 10.0. The van der Waals surface area contributed by atoms with Gasteiger partial charge in [-0.2, -0.15) is 10.4 Å². The maximum atomic E-state index is 12.4. The minimum absolute atomic E-state index is 0.0207. The topological polar surface area (TPSA) is 79.0 Å². The zero-order chi connectivity index (χ0) is 16.1. The van der Waals surface area contributed by atoms with E-state index in [0.717, 1.165) is 4.68 Å². The number of nitriles is 1. The average molecular weight is 337 g/mol. The van der Waals surface area contributed by atoms with Crippen LogP contribution in [0.3, 0.4) is 0 Å². The zero-order valence-electron chi connectivity index (χ0n) is 11.2. The Kier molecular flexibility index (Phi) is 5.15. The molecule has 0 unspecified atom stereocenters. The van der Waals surface area contributed by atoms with Gasteiger partial charge in [-0.05, 0) is 12.1 Å². The minimum atomic E-state index is -0.660. The van der Waals surface area contributed by atoms with Gasteiger partial charge in [0.2, 0.25) is 5.91 Å². The molecule has 22 heavy (non-hydrogen) atoms. The molecule has 1 heterocycles. The van der Waals surface area contributed by atoms with Crippen molar-refractivity contribution in [1.29, 1.82) is 5.26 Å². The minimum Gasteiger partial charge on any atom is -0.297 e. The van der Waals surface area contributed by atoms with Gasteiger partial charge in [0.25, 0.3) is 5.56 Å². The molecule has 2 aromatic rings. The zero-order valence-corrected chi connectivity index (χ0v) is 12.8. The van der Waals surface area contributed by atoms with Gasteiger partial charge in [0.05, 0.1) is 17.3 Å². The molecule has 1 aromatic heterocycles. The predicted molar refractivity (Wildman–Crippen MR) is 82.9 cm³/mol. The van der Waals surface area contributed by atoms with E-state index in [1.165, 1.54) is 11.1 Å². The van der Waals surface area contributed by atoms with Crippen molar-refractivity contribution in [2.24, 2.45) is 0 Å². The van der Waals surface area contributed by atoms with Crippen molar-refractivity contribution in [2.75, 3.05) is 11.4 Å². The fourth-order valence-corrected chi connectivity index (χ4v) is 2.04. The predicted octanol–water partition coefficient (Wildman–Crippen LogP) is 2.11. The number of amides is 1. The number of rotatable bonds is 4. The third kappa shape index (κ3) is 3.45. The van der Waals surface area contributed by atoms with Crippen molar-refractivity contribution >= 4 is 34.8 Å². The summed E-state index contributed by atoms with van der Waals surface area (Å²) < 4.78 is 0.907. The van der Waals surface area contributed by atoms with Crippen LogP contribution in [0.15, 0.2) is 41.3 Å². The van der Waals surface area contributed by atoms with E-state index >= 15 is 0 Å². The molecule has 0 saturated heterocycles. The second kappa shape index (κ2) is 7.07. The van der Waals surface area contributed by atoms with Crippen LogP contribution in [0, 0.1) is 11.3 Å². The number of para-hydroxylation sites is 1. The Balaban J connectivity index is 2.29. The number of hydrogen-bond donors (Lipinski definition) is 0. The molecule has 2 rings (SSSR count). The number of halogens is 2. The lowest BCUT2D eigenvalue weighted by Gasteiger charge is -2.19. The molecule has 0 fully saturated rings. The Bertz CT molecular complexity index is 784. The third-order valence-corrected chi connectivity index (χ3v) is 3.57. The van der Waals surface area contributed by atoms with Crippen LogP contribution in [0.25, 0.3) is 0 Å². The van der Waals surface area contributed by atoms with Crippen molar-refractivity contribution in [3.05, 3.63) is 56.9 Å². The van der Waals surface area contributed by atoms with E-state index in [0.29, 0.717) is 5.69 Å². The smallest absolute Gasteiger partial charge is 0.287 e. The van der Waals surface area contributed by atoms with Gasteiger partial charge in [-0.15, -0.1) is 0 Å². The number of anilines is 1. The van der Waals surface area contributed by atoms with Gasteiger partial charge in [0.1, 0.15) is 18.1 Å². The highest BCUT2D eigenvalue weighted by atomic mass is 35.5. The Morgan fingerprint density at radius 3 is 2.64 bits per heavy atom. The van der Waals surface area contributed by atoms with E-state index in [-0.39, 0.29) is 23.1 Å². The number of carbonyl (C=O) groups is 1. The van der Waals surface area contributed by atoms with E-state index in [1.54, 1.807) is 30.3 Å². The first-order chi connectivity index (χ1) is 10.5. The number of benzene rings is 1. The summed E-state index contributed by atoms with van der Waals surface area (Å²) in [5.74, 6) is -0.458. The quantitative estimate of drug-likeness (QED) is 0.801. The van der Waals surface area contributed by atoms with E-state index < -0.39 is 11.5 Å². The maximum absolute atomic E-state index is 12.4. The molecule has 0 atom stereocenters.